The highest BCUT2D eigenvalue weighted by atomic mass is 16.5. The highest BCUT2D eigenvalue weighted by Crippen LogP contribution is 2.11. The van der Waals surface area contributed by atoms with Gasteiger partial charge in [0.2, 0.25) is 23.6 Å². The zero-order valence-corrected chi connectivity index (χ0v) is 21.5. The van der Waals surface area contributed by atoms with E-state index in [1.807, 2.05) is 51.1 Å². The van der Waals surface area contributed by atoms with Gasteiger partial charge in [0.1, 0.15) is 24.7 Å². The number of nitrogens with zero attached hydrogens (tertiary/aromatic N) is 1. The summed E-state index contributed by atoms with van der Waals surface area (Å²) in [6.07, 6.45) is 0.608. The summed E-state index contributed by atoms with van der Waals surface area (Å²) in [4.78, 5) is 63.5. The van der Waals surface area contributed by atoms with E-state index in [9.17, 15) is 24.0 Å². The summed E-state index contributed by atoms with van der Waals surface area (Å²) in [5, 5.41) is 11.0. The number of rotatable bonds is 13. The number of hydrogen-bond donors (Lipinski definition) is 4. The fourth-order valence-corrected chi connectivity index (χ4v) is 3.68. The van der Waals surface area contributed by atoms with E-state index in [4.69, 9.17) is 0 Å². The van der Waals surface area contributed by atoms with Crippen molar-refractivity contribution < 1.29 is 28.7 Å². The molecule has 36 heavy (non-hydrogen) atoms. The molecule has 198 valence electrons. The zero-order valence-electron chi connectivity index (χ0n) is 21.5. The largest absolute Gasteiger partial charge is 0.468 e. The Bertz CT molecular complexity index is 938. The van der Waals surface area contributed by atoms with E-state index in [1.165, 1.54) is 19.1 Å². The first-order chi connectivity index (χ1) is 17.0. The van der Waals surface area contributed by atoms with Gasteiger partial charge in [-0.1, -0.05) is 44.2 Å². The first-order valence-electron chi connectivity index (χ1n) is 12.0. The predicted molar refractivity (Wildman–Crippen MR) is 133 cm³/mol. The van der Waals surface area contributed by atoms with Crippen LogP contribution in [-0.4, -0.2) is 85.9 Å². The summed E-state index contributed by atoms with van der Waals surface area (Å²) in [6.45, 7) is 5.06. The molecule has 4 N–H and O–H groups in total. The molecule has 0 bridgehead atoms. The molecule has 0 spiro atoms. The van der Waals surface area contributed by atoms with Crippen LogP contribution in [0.1, 0.15) is 32.8 Å². The van der Waals surface area contributed by atoms with Gasteiger partial charge in [-0.3, -0.25) is 29.3 Å². The molecule has 0 aliphatic carbocycles. The van der Waals surface area contributed by atoms with E-state index in [1.54, 1.807) is 0 Å². The highest BCUT2D eigenvalue weighted by molar-refractivity contribution is 5.94. The molecule has 0 unspecified atom stereocenters. The molecule has 1 fully saturated rings. The fraction of sp³-hybridized carbons (Fsp3) is 0.560. The van der Waals surface area contributed by atoms with Gasteiger partial charge in [0.05, 0.1) is 13.7 Å². The maximum Gasteiger partial charge on any atom is 0.325 e. The van der Waals surface area contributed by atoms with Crippen LogP contribution in [0.3, 0.4) is 0 Å². The Balaban J connectivity index is 1.98. The molecule has 1 saturated heterocycles. The molecule has 1 aromatic rings. The second kappa shape index (κ2) is 13.6. The Morgan fingerprint density at radius 3 is 2.25 bits per heavy atom. The Morgan fingerprint density at radius 2 is 1.69 bits per heavy atom. The third-order valence-electron chi connectivity index (χ3n) is 5.77. The molecule has 0 radical (unpaired) electrons. The van der Waals surface area contributed by atoms with E-state index < -0.39 is 35.8 Å². The number of ether oxygens (including phenoxy) is 1. The van der Waals surface area contributed by atoms with Crippen LogP contribution in [0.15, 0.2) is 30.3 Å². The van der Waals surface area contributed by atoms with Crippen LogP contribution >= 0.6 is 0 Å². The van der Waals surface area contributed by atoms with Gasteiger partial charge in [0.25, 0.3) is 0 Å². The first kappa shape index (κ1) is 28.8. The molecule has 4 atom stereocenters. The maximum absolute atomic E-state index is 12.9. The molecular formula is C25H37N5O6. The van der Waals surface area contributed by atoms with Gasteiger partial charge >= 0.3 is 5.97 Å². The van der Waals surface area contributed by atoms with Gasteiger partial charge in [-0.05, 0) is 24.8 Å². The van der Waals surface area contributed by atoms with Gasteiger partial charge in [0.15, 0.2) is 0 Å². The van der Waals surface area contributed by atoms with E-state index in [0.717, 1.165) is 5.56 Å². The lowest BCUT2D eigenvalue weighted by Gasteiger charge is -2.25. The molecular weight excluding hydrogens is 466 g/mol. The Morgan fingerprint density at radius 1 is 1.06 bits per heavy atom. The predicted octanol–water partition coefficient (Wildman–Crippen LogP) is -0.647. The Labute approximate surface area is 211 Å². The standard InChI is InChI=1S/C25H37N5O6/c1-15(2)11-19(25(35)30(4)14-21(32)36-5)28-20(31)13-26-23(33)18(12-17-9-7-6-8-10-17)29-24(34)22-16(3)27-22/h6-10,15-16,18-19,22,27H,11-14H2,1-5H3,(H,26,33)(H,28,31)(H,29,34)/t16-,18-,19-,22-/m0/s1. The molecule has 0 saturated carbocycles. The summed E-state index contributed by atoms with van der Waals surface area (Å²) in [6, 6.07) is 7.20. The summed E-state index contributed by atoms with van der Waals surface area (Å²) in [5.41, 5.74) is 0.857. The van der Waals surface area contributed by atoms with Crippen LogP contribution in [-0.2, 0) is 35.1 Å². The van der Waals surface area contributed by atoms with Gasteiger partial charge in [-0.2, -0.15) is 0 Å². The van der Waals surface area contributed by atoms with Gasteiger partial charge in [0, 0.05) is 19.5 Å². The fourth-order valence-electron chi connectivity index (χ4n) is 3.68. The lowest BCUT2D eigenvalue weighted by molar-refractivity contribution is -0.147. The van der Waals surface area contributed by atoms with Crippen molar-refractivity contribution in [2.75, 3.05) is 27.2 Å². The second-order valence-electron chi connectivity index (χ2n) is 9.42. The Hall–Kier alpha value is -3.47. The molecule has 11 nitrogen and oxygen atoms in total. The molecule has 2 rings (SSSR count). The number of nitrogens with one attached hydrogen (secondary N) is 4. The highest BCUT2D eigenvalue weighted by Gasteiger charge is 2.39. The monoisotopic (exact) mass is 503 g/mol. The molecule has 11 heteroatoms. The lowest BCUT2D eigenvalue weighted by atomic mass is 10.0. The van der Waals surface area contributed by atoms with E-state index in [0.29, 0.717) is 6.42 Å². The van der Waals surface area contributed by atoms with Crippen molar-refractivity contribution in [3.05, 3.63) is 35.9 Å². The number of carbonyl (C=O) groups excluding carboxylic acids is 5. The van der Waals surface area contributed by atoms with Gasteiger partial charge in [-0.15, -0.1) is 0 Å². The van der Waals surface area contributed by atoms with Crippen molar-refractivity contribution in [2.24, 2.45) is 5.92 Å². The van der Waals surface area contributed by atoms with Gasteiger partial charge < -0.3 is 25.6 Å². The lowest BCUT2D eigenvalue weighted by Crippen LogP contribution is -2.54. The molecule has 0 aromatic heterocycles. The maximum atomic E-state index is 12.9. The summed E-state index contributed by atoms with van der Waals surface area (Å²) in [7, 11) is 2.68. The second-order valence-corrected chi connectivity index (χ2v) is 9.42. The van der Waals surface area contributed by atoms with E-state index in [2.05, 4.69) is 26.0 Å². The van der Waals surface area contributed by atoms with Crippen molar-refractivity contribution in [1.82, 2.24) is 26.2 Å². The van der Waals surface area contributed by atoms with E-state index >= 15 is 0 Å². The third-order valence-corrected chi connectivity index (χ3v) is 5.77. The minimum atomic E-state index is -0.874. The van der Waals surface area contributed by atoms with Gasteiger partial charge in [-0.25, -0.2) is 0 Å². The third kappa shape index (κ3) is 9.29. The minimum Gasteiger partial charge on any atom is -0.468 e. The van der Waals surface area contributed by atoms with Crippen molar-refractivity contribution >= 4 is 29.6 Å². The normalized spacial score (nSPS) is 17.9. The van der Waals surface area contributed by atoms with Crippen LogP contribution in [0.2, 0.25) is 0 Å². The summed E-state index contributed by atoms with van der Waals surface area (Å²) in [5.74, 6) is -2.27. The topological polar surface area (TPSA) is 156 Å². The number of likely N-dealkylation sites (N-methyl/N-ethyl adjacent to an activating group) is 1. The van der Waals surface area contributed by atoms with Crippen LogP contribution in [0.5, 0.6) is 0 Å². The number of carbonyl (C=O) groups is 5. The number of benzene rings is 1. The number of esters is 1. The zero-order chi connectivity index (χ0) is 26.8. The van der Waals surface area contributed by atoms with Crippen LogP contribution in [0.25, 0.3) is 0 Å². The Kier molecular flexibility index (Phi) is 10.8. The molecule has 1 heterocycles. The van der Waals surface area contributed by atoms with Crippen LogP contribution in [0, 0.1) is 5.92 Å². The number of amides is 4. The van der Waals surface area contributed by atoms with Crippen LogP contribution < -0.4 is 21.3 Å². The quantitative estimate of drug-likeness (QED) is 0.206. The first-order valence-corrected chi connectivity index (χ1v) is 12.0. The van der Waals surface area contributed by atoms with E-state index in [-0.39, 0.29) is 43.4 Å². The van der Waals surface area contributed by atoms with Crippen molar-refractivity contribution in [1.29, 1.82) is 0 Å². The number of hydrogen-bond acceptors (Lipinski definition) is 7. The molecule has 1 aromatic carbocycles. The van der Waals surface area contributed by atoms with Crippen LogP contribution in [0.4, 0.5) is 0 Å². The average molecular weight is 504 g/mol. The van der Waals surface area contributed by atoms with Crippen molar-refractivity contribution in [2.45, 2.75) is 57.8 Å². The minimum absolute atomic E-state index is 0.0453. The smallest absolute Gasteiger partial charge is 0.325 e. The SMILES string of the molecule is COC(=O)CN(C)C(=O)[C@H](CC(C)C)NC(=O)CNC(=O)[C@H](Cc1ccccc1)NC(=O)[C@H]1N[C@H]1C. The summed E-state index contributed by atoms with van der Waals surface area (Å²) >= 11 is 0. The summed E-state index contributed by atoms with van der Waals surface area (Å²) < 4.78 is 4.59. The molecule has 4 amide bonds. The van der Waals surface area contributed by atoms with Crippen molar-refractivity contribution in [3.63, 3.8) is 0 Å². The van der Waals surface area contributed by atoms with Crippen molar-refractivity contribution in [3.8, 4) is 0 Å². The average Bonchev–Trinajstić information content (AvgIpc) is 3.58. The number of methoxy groups -OCH3 is 1. The molecule has 1 aliphatic heterocycles. The molecule has 1 aliphatic rings.